The molecule has 0 amide bonds. The molecular weight excluding hydrogens is 162 g/mol. The molecular formula is C7H15NO4. The van der Waals surface area contributed by atoms with Crippen molar-refractivity contribution in [2.24, 2.45) is 5.73 Å². The first-order chi connectivity index (χ1) is 5.57. The third-order valence-corrected chi connectivity index (χ3v) is 2.17. The van der Waals surface area contributed by atoms with Crippen molar-refractivity contribution in [1.82, 2.24) is 0 Å². The van der Waals surface area contributed by atoms with Crippen LogP contribution in [0.25, 0.3) is 0 Å². The molecule has 1 heterocycles. The van der Waals surface area contributed by atoms with Crippen LogP contribution in [0.4, 0.5) is 0 Å². The van der Waals surface area contributed by atoms with Gasteiger partial charge >= 0.3 is 0 Å². The summed E-state index contributed by atoms with van der Waals surface area (Å²) >= 11 is 0. The molecule has 1 fully saturated rings. The molecule has 0 aromatic heterocycles. The molecule has 5 N–H and O–H groups in total. The van der Waals surface area contributed by atoms with Crippen LogP contribution in [-0.4, -0.2) is 46.0 Å². The Bertz CT molecular complexity index is 150. The lowest BCUT2D eigenvalue weighted by atomic mass is 9.96. The van der Waals surface area contributed by atoms with Crippen LogP contribution >= 0.6 is 0 Å². The van der Waals surface area contributed by atoms with Crippen molar-refractivity contribution in [2.45, 2.75) is 44.0 Å². The van der Waals surface area contributed by atoms with E-state index in [2.05, 4.69) is 0 Å². The van der Waals surface area contributed by atoms with Crippen molar-refractivity contribution in [3.05, 3.63) is 0 Å². The summed E-state index contributed by atoms with van der Waals surface area (Å²) in [6, 6.07) is -0.928. The summed E-state index contributed by atoms with van der Waals surface area (Å²) in [6.45, 7) is 1.80. The fraction of sp³-hybridized carbons (Fsp3) is 1.00. The van der Waals surface area contributed by atoms with E-state index in [9.17, 15) is 10.2 Å². The molecule has 0 aliphatic carbocycles. The molecule has 1 aliphatic rings. The maximum Gasteiger partial charge on any atom is 0.172 e. The highest BCUT2D eigenvalue weighted by Gasteiger charge is 2.40. The van der Waals surface area contributed by atoms with Gasteiger partial charge in [-0.25, -0.2) is 0 Å². The second-order valence-corrected chi connectivity index (χ2v) is 3.03. The largest absolute Gasteiger partial charge is 0.388 e. The molecule has 5 atom stereocenters. The number of nitrogens with two attached hydrogens (primary N) is 1. The van der Waals surface area contributed by atoms with E-state index in [4.69, 9.17) is 15.6 Å². The lowest BCUT2D eigenvalue weighted by Crippen LogP contribution is -2.60. The Morgan fingerprint density at radius 2 is 1.83 bits per heavy atom. The van der Waals surface area contributed by atoms with Crippen molar-refractivity contribution in [3.63, 3.8) is 0 Å². The van der Waals surface area contributed by atoms with E-state index in [1.165, 1.54) is 0 Å². The third-order valence-electron chi connectivity index (χ3n) is 2.17. The van der Waals surface area contributed by atoms with Crippen molar-refractivity contribution < 1.29 is 20.1 Å². The van der Waals surface area contributed by atoms with Gasteiger partial charge in [0.25, 0.3) is 0 Å². The average Bonchev–Trinajstić information content (AvgIpc) is 2.08. The summed E-state index contributed by atoms with van der Waals surface area (Å²) < 4.78 is 4.95. The van der Waals surface area contributed by atoms with E-state index < -0.39 is 30.6 Å². The SMILES string of the molecule is CC[C@@H]1O[C@@H](O)[C@H](N)[C@H](O)[C@H]1O. The lowest BCUT2D eigenvalue weighted by Gasteiger charge is -2.38. The van der Waals surface area contributed by atoms with E-state index in [1.54, 1.807) is 6.92 Å². The summed E-state index contributed by atoms with van der Waals surface area (Å²) in [7, 11) is 0. The van der Waals surface area contributed by atoms with Gasteiger partial charge in [0, 0.05) is 0 Å². The fourth-order valence-corrected chi connectivity index (χ4v) is 1.30. The molecule has 0 spiro atoms. The van der Waals surface area contributed by atoms with Crippen LogP contribution in [0.2, 0.25) is 0 Å². The molecule has 5 nitrogen and oxygen atoms in total. The number of aliphatic hydroxyl groups excluding tert-OH is 3. The average molecular weight is 177 g/mol. The van der Waals surface area contributed by atoms with Crippen LogP contribution in [0.15, 0.2) is 0 Å². The molecule has 72 valence electrons. The highest BCUT2D eigenvalue weighted by atomic mass is 16.6. The predicted octanol–water partition coefficient (Wildman–Crippen LogP) is -1.84. The monoisotopic (exact) mass is 177 g/mol. The zero-order valence-corrected chi connectivity index (χ0v) is 6.92. The van der Waals surface area contributed by atoms with Crippen molar-refractivity contribution in [2.75, 3.05) is 0 Å². The Hall–Kier alpha value is -0.200. The third kappa shape index (κ3) is 1.60. The number of hydrogen-bond donors (Lipinski definition) is 4. The van der Waals surface area contributed by atoms with Crippen LogP contribution in [0, 0.1) is 0 Å². The van der Waals surface area contributed by atoms with Crippen LogP contribution < -0.4 is 5.73 Å². The van der Waals surface area contributed by atoms with Gasteiger partial charge < -0.3 is 25.8 Å². The van der Waals surface area contributed by atoms with E-state index >= 15 is 0 Å². The normalized spacial score (nSPS) is 49.2. The zero-order valence-electron chi connectivity index (χ0n) is 6.92. The maximum atomic E-state index is 9.36. The van der Waals surface area contributed by atoms with Crippen LogP contribution in [0.1, 0.15) is 13.3 Å². The van der Waals surface area contributed by atoms with Crippen molar-refractivity contribution in [1.29, 1.82) is 0 Å². The van der Waals surface area contributed by atoms with Gasteiger partial charge in [-0.3, -0.25) is 0 Å². The summed E-state index contributed by atoms with van der Waals surface area (Å²) in [5, 5.41) is 27.8. The molecule has 0 radical (unpaired) electrons. The summed E-state index contributed by atoms with van der Waals surface area (Å²) in [6.07, 6.45) is -3.31. The smallest absolute Gasteiger partial charge is 0.172 e. The van der Waals surface area contributed by atoms with E-state index in [0.29, 0.717) is 6.42 Å². The number of hydrogen-bond acceptors (Lipinski definition) is 5. The quantitative estimate of drug-likeness (QED) is 0.377. The fourth-order valence-electron chi connectivity index (χ4n) is 1.30. The van der Waals surface area contributed by atoms with Gasteiger partial charge in [-0.1, -0.05) is 6.92 Å². The number of aliphatic hydroxyl groups is 3. The van der Waals surface area contributed by atoms with Gasteiger partial charge in [-0.15, -0.1) is 0 Å². The minimum Gasteiger partial charge on any atom is -0.388 e. The van der Waals surface area contributed by atoms with E-state index in [0.717, 1.165) is 0 Å². The van der Waals surface area contributed by atoms with Crippen molar-refractivity contribution >= 4 is 0 Å². The lowest BCUT2D eigenvalue weighted by molar-refractivity contribution is -0.242. The van der Waals surface area contributed by atoms with Gasteiger partial charge in [0.15, 0.2) is 6.29 Å². The van der Waals surface area contributed by atoms with Crippen molar-refractivity contribution in [3.8, 4) is 0 Å². The maximum absolute atomic E-state index is 9.36. The number of rotatable bonds is 1. The molecule has 0 bridgehead atoms. The van der Waals surface area contributed by atoms with Crippen LogP contribution in [0.5, 0.6) is 0 Å². The molecule has 12 heavy (non-hydrogen) atoms. The second-order valence-electron chi connectivity index (χ2n) is 3.03. The first kappa shape index (κ1) is 9.88. The van der Waals surface area contributed by atoms with E-state index in [1.807, 2.05) is 0 Å². The van der Waals surface area contributed by atoms with Gasteiger partial charge in [0.1, 0.15) is 12.2 Å². The molecule has 0 aromatic carbocycles. The first-order valence-electron chi connectivity index (χ1n) is 4.03. The number of ether oxygens (including phenoxy) is 1. The Balaban J connectivity index is 2.63. The molecule has 1 rings (SSSR count). The molecule has 0 aromatic rings. The van der Waals surface area contributed by atoms with Gasteiger partial charge in [-0.05, 0) is 6.42 Å². The molecule has 1 saturated heterocycles. The Kier molecular flexibility index (Phi) is 3.03. The molecule has 0 unspecified atom stereocenters. The van der Waals surface area contributed by atoms with Crippen LogP contribution in [0.3, 0.4) is 0 Å². The summed E-state index contributed by atoms with van der Waals surface area (Å²) in [4.78, 5) is 0. The second kappa shape index (κ2) is 3.68. The Morgan fingerprint density at radius 1 is 1.25 bits per heavy atom. The van der Waals surface area contributed by atoms with E-state index in [-0.39, 0.29) is 0 Å². The van der Waals surface area contributed by atoms with Gasteiger partial charge in [-0.2, -0.15) is 0 Å². The highest BCUT2D eigenvalue weighted by Crippen LogP contribution is 2.20. The predicted molar refractivity (Wildman–Crippen MR) is 41.2 cm³/mol. The Labute approximate surface area is 70.8 Å². The zero-order chi connectivity index (χ0) is 9.30. The van der Waals surface area contributed by atoms with Gasteiger partial charge in [0.05, 0.1) is 12.1 Å². The first-order valence-corrected chi connectivity index (χ1v) is 4.03. The molecule has 0 saturated carbocycles. The standard InChI is InChI=1S/C7H15NO4/c1-2-3-5(9)6(10)4(8)7(11)12-3/h3-7,9-11H,2,8H2,1H3/t3-,4+,5-,6-,7+/m0/s1. The van der Waals surface area contributed by atoms with Gasteiger partial charge in [0.2, 0.25) is 0 Å². The molecule has 1 aliphatic heterocycles. The summed E-state index contributed by atoms with van der Waals surface area (Å²) in [5.74, 6) is 0. The minimum absolute atomic E-state index is 0.530. The van der Waals surface area contributed by atoms with Crippen LogP contribution in [-0.2, 0) is 4.74 Å². The Morgan fingerprint density at radius 3 is 2.33 bits per heavy atom. The summed E-state index contributed by atoms with van der Waals surface area (Å²) in [5.41, 5.74) is 5.34. The topological polar surface area (TPSA) is 95.9 Å². The minimum atomic E-state index is -1.19. The highest BCUT2D eigenvalue weighted by molar-refractivity contribution is 4.90. The molecule has 5 heteroatoms.